The van der Waals surface area contributed by atoms with E-state index in [2.05, 4.69) is 0 Å². The molecule has 0 aliphatic carbocycles. The zero-order valence-electron chi connectivity index (χ0n) is 11.5. The van der Waals surface area contributed by atoms with E-state index in [1.54, 1.807) is 24.1 Å². The molecule has 0 fully saturated rings. The lowest BCUT2D eigenvalue weighted by atomic mass is 9.99. The van der Waals surface area contributed by atoms with Gasteiger partial charge >= 0.3 is 0 Å². The van der Waals surface area contributed by atoms with Crippen molar-refractivity contribution in [2.45, 2.75) is 32.9 Å². The van der Waals surface area contributed by atoms with Gasteiger partial charge in [0.25, 0.3) is 0 Å². The smallest absolute Gasteiger partial charge is 0.239 e. The molecule has 1 aromatic carbocycles. The minimum absolute atomic E-state index is 0.0691. The van der Waals surface area contributed by atoms with Crippen LogP contribution in [0.5, 0.6) is 0 Å². The molecular weight excluding hydrogens is 283 g/mol. The molecule has 2 N–H and O–H groups in total. The second-order valence-corrected chi connectivity index (χ2v) is 5.68. The van der Waals surface area contributed by atoms with Gasteiger partial charge in [-0.3, -0.25) is 4.79 Å². The Kier molecular flexibility index (Phi) is 6.11. The molecule has 1 aromatic rings. The number of halogens is 2. The SMILES string of the molecule is CCC(C)C(N)C(=O)N(C)Cc1ccc(Cl)cc1Cl. The highest BCUT2D eigenvalue weighted by molar-refractivity contribution is 6.35. The quantitative estimate of drug-likeness (QED) is 0.907. The van der Waals surface area contributed by atoms with Crippen LogP contribution in [0, 0.1) is 5.92 Å². The monoisotopic (exact) mass is 302 g/mol. The first kappa shape index (κ1) is 16.3. The molecule has 5 heteroatoms. The number of hydrogen-bond acceptors (Lipinski definition) is 2. The van der Waals surface area contributed by atoms with Crippen LogP contribution in [0.2, 0.25) is 10.0 Å². The van der Waals surface area contributed by atoms with Crippen LogP contribution in [0.4, 0.5) is 0 Å². The topological polar surface area (TPSA) is 46.3 Å². The molecule has 0 bridgehead atoms. The summed E-state index contributed by atoms with van der Waals surface area (Å²) in [7, 11) is 1.73. The second-order valence-electron chi connectivity index (χ2n) is 4.84. The van der Waals surface area contributed by atoms with Gasteiger partial charge in [0.05, 0.1) is 6.04 Å². The lowest BCUT2D eigenvalue weighted by Gasteiger charge is -2.25. The summed E-state index contributed by atoms with van der Waals surface area (Å²) in [5.74, 6) is 0.0935. The van der Waals surface area contributed by atoms with Crippen molar-refractivity contribution in [3.8, 4) is 0 Å². The van der Waals surface area contributed by atoms with Crippen molar-refractivity contribution in [2.24, 2.45) is 11.7 Å². The van der Waals surface area contributed by atoms with Crippen molar-refractivity contribution < 1.29 is 4.79 Å². The van der Waals surface area contributed by atoms with Gasteiger partial charge in [-0.1, -0.05) is 49.5 Å². The van der Waals surface area contributed by atoms with Crippen LogP contribution in [-0.2, 0) is 11.3 Å². The third-order valence-electron chi connectivity index (χ3n) is 3.34. The number of benzene rings is 1. The minimum atomic E-state index is -0.471. The summed E-state index contributed by atoms with van der Waals surface area (Å²) in [6.45, 7) is 4.43. The highest BCUT2D eigenvalue weighted by Gasteiger charge is 2.23. The Balaban J connectivity index is 2.73. The molecule has 1 amide bonds. The Bertz CT molecular complexity index is 451. The van der Waals surface area contributed by atoms with E-state index >= 15 is 0 Å². The van der Waals surface area contributed by atoms with E-state index in [1.165, 1.54) is 0 Å². The molecular formula is C14H20Cl2N2O. The zero-order chi connectivity index (χ0) is 14.6. The Morgan fingerprint density at radius 2 is 2.05 bits per heavy atom. The molecule has 0 saturated heterocycles. The highest BCUT2D eigenvalue weighted by Crippen LogP contribution is 2.22. The van der Waals surface area contributed by atoms with Gasteiger partial charge in [0.2, 0.25) is 5.91 Å². The lowest BCUT2D eigenvalue weighted by molar-refractivity contribution is -0.132. The van der Waals surface area contributed by atoms with Crippen LogP contribution in [0.15, 0.2) is 18.2 Å². The number of nitrogens with zero attached hydrogens (tertiary/aromatic N) is 1. The highest BCUT2D eigenvalue weighted by atomic mass is 35.5. The fourth-order valence-corrected chi connectivity index (χ4v) is 2.20. The average Bonchev–Trinajstić information content (AvgIpc) is 2.39. The first-order chi connectivity index (χ1) is 8.86. The number of nitrogens with two attached hydrogens (primary N) is 1. The standard InChI is InChI=1S/C14H20Cl2N2O/c1-4-9(2)13(17)14(19)18(3)8-10-5-6-11(15)7-12(10)16/h5-7,9,13H,4,8,17H2,1-3H3. The average molecular weight is 303 g/mol. The van der Waals surface area contributed by atoms with Gasteiger partial charge in [-0.15, -0.1) is 0 Å². The molecule has 19 heavy (non-hydrogen) atoms. The predicted octanol–water partition coefficient (Wildman–Crippen LogP) is 3.33. The fraction of sp³-hybridized carbons (Fsp3) is 0.500. The van der Waals surface area contributed by atoms with E-state index in [0.717, 1.165) is 12.0 Å². The first-order valence-electron chi connectivity index (χ1n) is 6.31. The van der Waals surface area contributed by atoms with E-state index in [-0.39, 0.29) is 11.8 Å². The minimum Gasteiger partial charge on any atom is -0.340 e. The van der Waals surface area contributed by atoms with Crippen molar-refractivity contribution in [3.63, 3.8) is 0 Å². The van der Waals surface area contributed by atoms with E-state index in [0.29, 0.717) is 16.6 Å². The van der Waals surface area contributed by atoms with Crippen LogP contribution in [-0.4, -0.2) is 23.9 Å². The summed E-state index contributed by atoms with van der Waals surface area (Å²) >= 11 is 11.9. The van der Waals surface area contributed by atoms with Gasteiger partial charge in [-0.05, 0) is 23.6 Å². The van der Waals surface area contributed by atoms with Crippen molar-refractivity contribution in [1.82, 2.24) is 4.90 Å². The summed E-state index contributed by atoms with van der Waals surface area (Å²) in [5, 5.41) is 1.14. The molecule has 2 atom stereocenters. The van der Waals surface area contributed by atoms with E-state index in [9.17, 15) is 4.79 Å². The summed E-state index contributed by atoms with van der Waals surface area (Å²) in [6, 6.07) is 4.78. The number of rotatable bonds is 5. The van der Waals surface area contributed by atoms with Gasteiger partial charge in [0.15, 0.2) is 0 Å². The maximum Gasteiger partial charge on any atom is 0.239 e. The third-order valence-corrected chi connectivity index (χ3v) is 3.93. The molecule has 0 heterocycles. The fourth-order valence-electron chi connectivity index (χ4n) is 1.74. The van der Waals surface area contributed by atoms with E-state index in [4.69, 9.17) is 28.9 Å². The summed E-state index contributed by atoms with van der Waals surface area (Å²) < 4.78 is 0. The van der Waals surface area contributed by atoms with Gasteiger partial charge in [-0.2, -0.15) is 0 Å². The molecule has 0 radical (unpaired) electrons. The van der Waals surface area contributed by atoms with Crippen molar-refractivity contribution in [3.05, 3.63) is 33.8 Å². The Hall–Kier alpha value is -0.770. The Morgan fingerprint density at radius 1 is 1.42 bits per heavy atom. The first-order valence-corrected chi connectivity index (χ1v) is 7.06. The van der Waals surface area contributed by atoms with Gasteiger partial charge in [0, 0.05) is 23.6 Å². The maximum atomic E-state index is 12.2. The molecule has 0 aliphatic heterocycles. The molecule has 1 rings (SSSR count). The van der Waals surface area contributed by atoms with Crippen molar-refractivity contribution >= 4 is 29.1 Å². The molecule has 0 aliphatic rings. The van der Waals surface area contributed by atoms with Gasteiger partial charge < -0.3 is 10.6 Å². The predicted molar refractivity (Wildman–Crippen MR) is 80.4 cm³/mol. The zero-order valence-corrected chi connectivity index (χ0v) is 13.0. The number of carbonyl (C=O) groups excluding carboxylic acids is 1. The van der Waals surface area contributed by atoms with Crippen LogP contribution in [0.1, 0.15) is 25.8 Å². The van der Waals surface area contributed by atoms with E-state index in [1.807, 2.05) is 19.9 Å². The Labute approximate surface area is 124 Å². The van der Waals surface area contributed by atoms with Crippen LogP contribution >= 0.6 is 23.2 Å². The molecule has 0 spiro atoms. The molecule has 2 unspecified atom stereocenters. The molecule has 0 aromatic heterocycles. The van der Waals surface area contributed by atoms with Crippen molar-refractivity contribution in [1.29, 1.82) is 0 Å². The third kappa shape index (κ3) is 4.37. The normalized spacial score (nSPS) is 14.0. The number of hydrogen-bond donors (Lipinski definition) is 1. The summed E-state index contributed by atoms with van der Waals surface area (Å²) in [4.78, 5) is 13.8. The number of carbonyl (C=O) groups is 1. The summed E-state index contributed by atoms with van der Waals surface area (Å²) in [5.41, 5.74) is 6.80. The largest absolute Gasteiger partial charge is 0.340 e. The lowest BCUT2D eigenvalue weighted by Crippen LogP contribution is -2.45. The van der Waals surface area contributed by atoms with Gasteiger partial charge in [0.1, 0.15) is 0 Å². The molecule has 3 nitrogen and oxygen atoms in total. The second kappa shape index (κ2) is 7.13. The summed E-state index contributed by atoms with van der Waals surface area (Å²) in [6.07, 6.45) is 0.877. The van der Waals surface area contributed by atoms with Crippen LogP contribution in [0.25, 0.3) is 0 Å². The van der Waals surface area contributed by atoms with Crippen molar-refractivity contribution in [2.75, 3.05) is 7.05 Å². The maximum absolute atomic E-state index is 12.2. The number of amides is 1. The number of likely N-dealkylation sites (N-methyl/N-ethyl adjacent to an activating group) is 1. The van der Waals surface area contributed by atoms with Crippen LogP contribution in [0.3, 0.4) is 0 Å². The van der Waals surface area contributed by atoms with Gasteiger partial charge in [-0.25, -0.2) is 0 Å². The Morgan fingerprint density at radius 3 is 2.58 bits per heavy atom. The molecule has 0 saturated carbocycles. The molecule has 106 valence electrons. The van der Waals surface area contributed by atoms with E-state index < -0.39 is 6.04 Å². The van der Waals surface area contributed by atoms with Crippen LogP contribution < -0.4 is 5.73 Å².